The van der Waals surface area contributed by atoms with Crippen LogP contribution in [0.5, 0.6) is 0 Å². The number of hydrogen-bond donors (Lipinski definition) is 2. The second-order valence-electron chi connectivity index (χ2n) is 3.04. The Labute approximate surface area is 93.6 Å². The molecule has 1 amide bonds. The Morgan fingerprint density at radius 2 is 2.33 bits per heavy atom. The minimum Gasteiger partial charge on any atom is -0.294 e. The van der Waals surface area contributed by atoms with Crippen LogP contribution in [-0.2, 0) is 4.79 Å². The van der Waals surface area contributed by atoms with Crippen LogP contribution in [-0.4, -0.2) is 16.6 Å². The van der Waals surface area contributed by atoms with E-state index < -0.39 is 0 Å². The summed E-state index contributed by atoms with van der Waals surface area (Å²) in [6.07, 6.45) is 4.14. The summed E-state index contributed by atoms with van der Waals surface area (Å²) in [6.45, 7) is 0. The number of nitrogens with two attached hydrogens (primary N) is 1. The van der Waals surface area contributed by atoms with Crippen LogP contribution in [0.15, 0.2) is 29.4 Å². The summed E-state index contributed by atoms with van der Waals surface area (Å²) in [6, 6.07) is 5.85. The molecule has 0 aromatic carbocycles. The lowest BCUT2D eigenvalue weighted by atomic mass is 10.2. The molecule has 0 saturated carbocycles. The van der Waals surface area contributed by atoms with E-state index in [-0.39, 0.29) is 5.91 Å². The topological polar surface area (TPSA) is 68.0 Å². The van der Waals surface area contributed by atoms with Gasteiger partial charge in [0.15, 0.2) is 0 Å². The first-order valence-electron chi connectivity index (χ1n) is 4.86. The van der Waals surface area contributed by atoms with Crippen LogP contribution in [0.3, 0.4) is 0 Å². The molecule has 0 saturated heterocycles. The Morgan fingerprint density at radius 1 is 1.47 bits per heavy atom. The van der Waals surface area contributed by atoms with Gasteiger partial charge in [-0.15, -0.1) is 11.8 Å². The first-order chi connectivity index (χ1) is 7.33. The Kier molecular flexibility index (Phi) is 5.80. The lowest BCUT2D eigenvalue weighted by Crippen LogP contribution is -2.29. The molecule has 1 rings (SSSR count). The fraction of sp³-hybridized carbons (Fsp3) is 0.400. The Hall–Kier alpha value is -1.07. The summed E-state index contributed by atoms with van der Waals surface area (Å²) in [5.74, 6) is 5.84. The van der Waals surface area contributed by atoms with Crippen LogP contribution in [0.4, 0.5) is 0 Å². The molecule has 0 radical (unpaired) electrons. The fourth-order valence-corrected chi connectivity index (χ4v) is 1.94. The first kappa shape index (κ1) is 12.0. The van der Waals surface area contributed by atoms with Gasteiger partial charge in [0.1, 0.15) is 0 Å². The van der Waals surface area contributed by atoms with Crippen molar-refractivity contribution in [3.05, 3.63) is 24.4 Å². The summed E-state index contributed by atoms with van der Waals surface area (Å²) in [5.41, 5.74) is 2.12. The molecule has 0 atom stereocenters. The van der Waals surface area contributed by atoms with E-state index in [2.05, 4.69) is 10.4 Å². The number of pyridine rings is 1. The molecule has 0 aliphatic carbocycles. The third-order valence-electron chi connectivity index (χ3n) is 1.85. The van der Waals surface area contributed by atoms with Gasteiger partial charge < -0.3 is 0 Å². The van der Waals surface area contributed by atoms with Gasteiger partial charge in [-0.3, -0.25) is 10.2 Å². The minimum atomic E-state index is -0.0992. The lowest BCUT2D eigenvalue weighted by Gasteiger charge is -2.00. The molecule has 1 aromatic rings. The normalized spacial score (nSPS) is 9.93. The van der Waals surface area contributed by atoms with E-state index in [4.69, 9.17) is 5.84 Å². The van der Waals surface area contributed by atoms with E-state index in [0.717, 1.165) is 23.6 Å². The summed E-state index contributed by atoms with van der Waals surface area (Å²) in [5, 5.41) is 1.03. The van der Waals surface area contributed by atoms with E-state index in [1.807, 2.05) is 18.2 Å². The predicted molar refractivity (Wildman–Crippen MR) is 61.1 cm³/mol. The predicted octanol–water partition coefficient (Wildman–Crippen LogP) is 1.33. The number of nitrogens with zero attached hydrogens (tertiary/aromatic N) is 1. The number of rotatable bonds is 6. The molecule has 15 heavy (non-hydrogen) atoms. The average Bonchev–Trinajstić information content (AvgIpc) is 2.29. The van der Waals surface area contributed by atoms with E-state index in [1.165, 1.54) is 0 Å². The third-order valence-corrected chi connectivity index (χ3v) is 2.88. The Balaban J connectivity index is 2.05. The second kappa shape index (κ2) is 7.25. The van der Waals surface area contributed by atoms with Crippen LogP contribution >= 0.6 is 11.8 Å². The summed E-state index contributed by atoms with van der Waals surface area (Å²) >= 11 is 1.71. The van der Waals surface area contributed by atoms with Crippen molar-refractivity contribution in [3.63, 3.8) is 0 Å². The van der Waals surface area contributed by atoms with Crippen LogP contribution in [0.2, 0.25) is 0 Å². The zero-order valence-corrected chi connectivity index (χ0v) is 9.30. The first-order valence-corrected chi connectivity index (χ1v) is 5.85. The van der Waals surface area contributed by atoms with E-state index in [9.17, 15) is 4.79 Å². The molecule has 3 N–H and O–H groups in total. The van der Waals surface area contributed by atoms with Gasteiger partial charge in [0.05, 0.1) is 5.03 Å². The van der Waals surface area contributed by atoms with E-state index in [0.29, 0.717) is 6.42 Å². The molecular formula is C10H15N3OS. The number of hydrazine groups is 1. The molecule has 0 unspecified atom stereocenters. The highest BCUT2D eigenvalue weighted by Gasteiger charge is 1.98. The van der Waals surface area contributed by atoms with Crippen molar-refractivity contribution in [3.8, 4) is 0 Å². The molecule has 1 heterocycles. The monoisotopic (exact) mass is 225 g/mol. The minimum absolute atomic E-state index is 0.0992. The molecule has 5 heteroatoms. The van der Waals surface area contributed by atoms with Crippen LogP contribution in [0, 0.1) is 0 Å². The summed E-state index contributed by atoms with van der Waals surface area (Å²) < 4.78 is 0. The number of aromatic nitrogens is 1. The van der Waals surface area contributed by atoms with Gasteiger partial charge in [0.25, 0.3) is 0 Å². The SMILES string of the molecule is NNC(=O)CCCCSc1ccccn1. The molecule has 0 aliphatic heterocycles. The number of amides is 1. The number of carbonyl (C=O) groups excluding carboxylic acids is 1. The standard InChI is InChI=1S/C10H15N3OS/c11-13-9(14)5-2-4-8-15-10-6-1-3-7-12-10/h1,3,6-7H,2,4-5,8,11H2,(H,13,14). The van der Waals surface area contributed by atoms with Gasteiger partial charge in [-0.25, -0.2) is 10.8 Å². The van der Waals surface area contributed by atoms with Crippen LogP contribution in [0.1, 0.15) is 19.3 Å². The van der Waals surface area contributed by atoms with E-state index in [1.54, 1.807) is 18.0 Å². The van der Waals surface area contributed by atoms with Gasteiger partial charge in [0.2, 0.25) is 5.91 Å². The molecule has 0 spiro atoms. The molecule has 4 nitrogen and oxygen atoms in total. The van der Waals surface area contributed by atoms with Crippen molar-refractivity contribution in [1.82, 2.24) is 10.4 Å². The van der Waals surface area contributed by atoms with Crippen molar-refractivity contribution in [2.75, 3.05) is 5.75 Å². The quantitative estimate of drug-likeness (QED) is 0.252. The Bertz CT molecular complexity index is 292. The summed E-state index contributed by atoms with van der Waals surface area (Å²) in [4.78, 5) is 15.0. The van der Waals surface area contributed by atoms with Crippen molar-refractivity contribution in [1.29, 1.82) is 0 Å². The lowest BCUT2D eigenvalue weighted by molar-refractivity contribution is -0.121. The zero-order chi connectivity index (χ0) is 10.9. The number of carbonyl (C=O) groups is 1. The number of hydrogen-bond acceptors (Lipinski definition) is 4. The smallest absolute Gasteiger partial charge is 0.233 e. The maximum atomic E-state index is 10.8. The molecule has 82 valence electrons. The van der Waals surface area contributed by atoms with Crippen molar-refractivity contribution < 1.29 is 4.79 Å². The average molecular weight is 225 g/mol. The summed E-state index contributed by atoms with van der Waals surface area (Å²) in [7, 11) is 0. The van der Waals surface area contributed by atoms with Crippen LogP contribution < -0.4 is 11.3 Å². The van der Waals surface area contributed by atoms with Gasteiger partial charge in [-0.2, -0.15) is 0 Å². The van der Waals surface area contributed by atoms with Crippen molar-refractivity contribution in [2.24, 2.45) is 5.84 Å². The highest BCUT2D eigenvalue weighted by atomic mass is 32.2. The van der Waals surface area contributed by atoms with Gasteiger partial charge in [0, 0.05) is 12.6 Å². The molecular weight excluding hydrogens is 210 g/mol. The fourth-order valence-electron chi connectivity index (χ4n) is 1.07. The van der Waals surface area contributed by atoms with Crippen molar-refractivity contribution in [2.45, 2.75) is 24.3 Å². The highest BCUT2D eigenvalue weighted by molar-refractivity contribution is 7.99. The van der Waals surface area contributed by atoms with Crippen LogP contribution in [0.25, 0.3) is 0 Å². The molecule has 0 fully saturated rings. The molecule has 0 bridgehead atoms. The number of nitrogens with one attached hydrogen (secondary N) is 1. The van der Waals surface area contributed by atoms with E-state index >= 15 is 0 Å². The number of unbranched alkanes of at least 4 members (excludes halogenated alkanes) is 1. The molecule has 0 aliphatic rings. The molecule has 1 aromatic heterocycles. The highest BCUT2D eigenvalue weighted by Crippen LogP contribution is 2.15. The van der Waals surface area contributed by atoms with Crippen molar-refractivity contribution >= 4 is 17.7 Å². The largest absolute Gasteiger partial charge is 0.294 e. The second-order valence-corrected chi connectivity index (χ2v) is 4.16. The maximum Gasteiger partial charge on any atom is 0.233 e. The maximum absolute atomic E-state index is 10.8. The van der Waals surface area contributed by atoms with Gasteiger partial charge in [-0.05, 0) is 30.7 Å². The van der Waals surface area contributed by atoms with Gasteiger partial charge in [-0.1, -0.05) is 6.07 Å². The Morgan fingerprint density at radius 3 is 3.00 bits per heavy atom. The van der Waals surface area contributed by atoms with Gasteiger partial charge >= 0.3 is 0 Å². The third kappa shape index (κ3) is 5.39. The zero-order valence-electron chi connectivity index (χ0n) is 8.48. The number of thioether (sulfide) groups is 1.